The molecule has 1 amide bonds. The third-order valence-corrected chi connectivity index (χ3v) is 4.65. The number of carbonyl (C=O) groups is 1. The van der Waals surface area contributed by atoms with Crippen LogP contribution in [0.15, 0.2) is 23.3 Å². The lowest BCUT2D eigenvalue weighted by Gasteiger charge is -2.38. The minimum Gasteiger partial charge on any atom is -0.354 e. The number of aryl methyl sites for hydroxylation is 1. The highest BCUT2D eigenvalue weighted by molar-refractivity contribution is 14.0. The lowest BCUT2D eigenvalue weighted by atomic mass is 10.2. The fourth-order valence-corrected chi connectivity index (χ4v) is 2.68. The molecule has 0 aromatic carbocycles. The molecule has 1 aromatic rings. The van der Waals surface area contributed by atoms with Gasteiger partial charge in [0.05, 0.1) is 0 Å². The monoisotopic (exact) mass is 488 g/mol. The highest BCUT2D eigenvalue weighted by Crippen LogP contribution is 2.15. The first-order chi connectivity index (χ1) is 12.4. The number of aromatic nitrogens is 1. The van der Waals surface area contributed by atoms with Crippen molar-refractivity contribution >= 4 is 41.7 Å². The average molecular weight is 488 g/mol. The van der Waals surface area contributed by atoms with Gasteiger partial charge in [-0.2, -0.15) is 0 Å². The van der Waals surface area contributed by atoms with Crippen LogP contribution in [0.4, 0.5) is 5.82 Å². The first-order valence-corrected chi connectivity index (χ1v) is 9.34. The van der Waals surface area contributed by atoms with Crippen molar-refractivity contribution in [2.24, 2.45) is 4.99 Å². The lowest BCUT2D eigenvalue weighted by molar-refractivity contribution is -0.127. The number of nitrogens with one attached hydrogen (secondary N) is 1. The Morgan fingerprint density at radius 3 is 2.56 bits per heavy atom. The van der Waals surface area contributed by atoms with Gasteiger partial charge in [0.25, 0.3) is 0 Å². The molecule has 0 bridgehead atoms. The molecule has 0 spiro atoms. The molecule has 0 aliphatic carbocycles. The van der Waals surface area contributed by atoms with Crippen LogP contribution in [0.2, 0.25) is 0 Å². The highest BCUT2D eigenvalue weighted by Gasteiger charge is 2.22. The normalized spacial score (nSPS) is 15.8. The van der Waals surface area contributed by atoms with E-state index in [4.69, 9.17) is 0 Å². The van der Waals surface area contributed by atoms with E-state index < -0.39 is 0 Å². The zero-order chi connectivity index (χ0) is 19.1. The smallest absolute Gasteiger partial charge is 0.243 e. The quantitative estimate of drug-likeness (QED) is 0.390. The number of anilines is 1. The minimum atomic E-state index is 0. The van der Waals surface area contributed by atoms with Crippen molar-refractivity contribution in [3.63, 3.8) is 0 Å². The molecular weight excluding hydrogens is 455 g/mol. The Morgan fingerprint density at radius 2 is 2.00 bits per heavy atom. The summed E-state index contributed by atoms with van der Waals surface area (Å²) in [6.07, 6.45) is 2.87. The largest absolute Gasteiger partial charge is 0.354 e. The van der Waals surface area contributed by atoms with E-state index in [1.54, 1.807) is 19.0 Å². The van der Waals surface area contributed by atoms with E-state index >= 15 is 0 Å². The Labute approximate surface area is 180 Å². The van der Waals surface area contributed by atoms with Gasteiger partial charge < -0.3 is 20.0 Å². The fourth-order valence-electron chi connectivity index (χ4n) is 2.68. The minimum absolute atomic E-state index is 0. The number of guanidine groups is 1. The van der Waals surface area contributed by atoms with Crippen LogP contribution < -0.4 is 10.2 Å². The van der Waals surface area contributed by atoms with Crippen LogP contribution in [-0.4, -0.2) is 79.5 Å². The molecule has 1 aliphatic rings. The van der Waals surface area contributed by atoms with E-state index in [0.717, 1.165) is 44.4 Å². The third-order valence-electron chi connectivity index (χ3n) is 4.65. The van der Waals surface area contributed by atoms with E-state index in [2.05, 4.69) is 51.9 Å². The standard InChI is InChI=1S/C19H32N6O.HI/c1-6-16(3)22-19(21-14-18(26)23(4)5)25-11-9-24(10-12-25)17-13-15(2)7-8-20-17;/h7-8,13,16H,6,9-12,14H2,1-5H3,(H,21,22);1H. The zero-order valence-corrected chi connectivity index (χ0v) is 19.4. The topological polar surface area (TPSA) is 64.1 Å². The molecule has 0 radical (unpaired) electrons. The molecule has 152 valence electrons. The molecule has 1 unspecified atom stereocenters. The van der Waals surface area contributed by atoms with Crippen LogP contribution in [0.5, 0.6) is 0 Å². The van der Waals surface area contributed by atoms with Crippen molar-refractivity contribution in [3.8, 4) is 0 Å². The van der Waals surface area contributed by atoms with Gasteiger partial charge in [0.1, 0.15) is 12.4 Å². The number of amides is 1. The summed E-state index contributed by atoms with van der Waals surface area (Å²) in [4.78, 5) is 27.1. The van der Waals surface area contributed by atoms with Crippen LogP contribution in [-0.2, 0) is 4.79 Å². The Kier molecular flexibility index (Phi) is 9.82. The summed E-state index contributed by atoms with van der Waals surface area (Å²) in [5.41, 5.74) is 1.22. The van der Waals surface area contributed by atoms with Crippen LogP contribution in [0.3, 0.4) is 0 Å². The van der Waals surface area contributed by atoms with Crippen molar-refractivity contribution in [3.05, 3.63) is 23.9 Å². The number of pyridine rings is 1. The fraction of sp³-hybridized carbons (Fsp3) is 0.632. The first kappa shape index (κ1) is 23.5. The van der Waals surface area contributed by atoms with Crippen molar-refractivity contribution in [2.45, 2.75) is 33.2 Å². The van der Waals surface area contributed by atoms with Crippen LogP contribution in [0.25, 0.3) is 0 Å². The number of rotatable bonds is 5. The number of hydrogen-bond donors (Lipinski definition) is 1. The maximum absolute atomic E-state index is 11.9. The summed E-state index contributed by atoms with van der Waals surface area (Å²) < 4.78 is 0. The van der Waals surface area contributed by atoms with Crippen LogP contribution in [0.1, 0.15) is 25.8 Å². The van der Waals surface area contributed by atoms with E-state index in [-0.39, 0.29) is 36.4 Å². The number of halogens is 1. The highest BCUT2D eigenvalue weighted by atomic mass is 127. The van der Waals surface area contributed by atoms with Crippen molar-refractivity contribution in [2.75, 3.05) is 51.7 Å². The number of piperazine rings is 1. The van der Waals surface area contributed by atoms with Crippen molar-refractivity contribution < 1.29 is 4.79 Å². The molecule has 1 aromatic heterocycles. The summed E-state index contributed by atoms with van der Waals surface area (Å²) in [7, 11) is 3.51. The van der Waals surface area contributed by atoms with Gasteiger partial charge >= 0.3 is 0 Å². The summed E-state index contributed by atoms with van der Waals surface area (Å²) in [6.45, 7) is 10.0. The molecular formula is C19H33IN6O. The van der Waals surface area contributed by atoms with E-state index in [9.17, 15) is 4.79 Å². The second kappa shape index (κ2) is 11.3. The molecule has 2 rings (SSSR count). The second-order valence-corrected chi connectivity index (χ2v) is 7.05. The maximum Gasteiger partial charge on any atom is 0.243 e. The van der Waals surface area contributed by atoms with E-state index in [0.29, 0.717) is 6.04 Å². The zero-order valence-electron chi connectivity index (χ0n) is 17.1. The lowest BCUT2D eigenvalue weighted by Crippen LogP contribution is -2.54. The predicted molar refractivity (Wildman–Crippen MR) is 122 cm³/mol. The molecule has 0 saturated carbocycles. The van der Waals surface area contributed by atoms with Crippen LogP contribution >= 0.6 is 24.0 Å². The number of aliphatic imine (C=N–C) groups is 1. The van der Waals surface area contributed by atoms with Gasteiger partial charge in [-0.3, -0.25) is 4.79 Å². The Bertz CT molecular complexity index is 628. The third kappa shape index (κ3) is 7.15. The van der Waals surface area contributed by atoms with E-state index in [1.807, 2.05) is 12.3 Å². The summed E-state index contributed by atoms with van der Waals surface area (Å²) in [5, 5.41) is 3.47. The van der Waals surface area contributed by atoms with Gasteiger partial charge in [-0.1, -0.05) is 6.92 Å². The molecule has 1 N–H and O–H groups in total. The van der Waals surface area contributed by atoms with Gasteiger partial charge in [0.2, 0.25) is 5.91 Å². The average Bonchev–Trinajstić information content (AvgIpc) is 2.64. The Hall–Kier alpha value is -1.58. The maximum atomic E-state index is 11.9. The molecule has 8 heteroatoms. The molecule has 2 heterocycles. The molecule has 1 saturated heterocycles. The predicted octanol–water partition coefficient (Wildman–Crippen LogP) is 1.96. The van der Waals surface area contributed by atoms with Crippen molar-refractivity contribution in [1.29, 1.82) is 0 Å². The van der Waals surface area contributed by atoms with Gasteiger partial charge in [-0.05, 0) is 38.0 Å². The van der Waals surface area contributed by atoms with Gasteiger partial charge in [-0.25, -0.2) is 9.98 Å². The van der Waals surface area contributed by atoms with Crippen LogP contribution in [0, 0.1) is 6.92 Å². The number of nitrogens with zero attached hydrogens (tertiary/aromatic N) is 5. The Morgan fingerprint density at radius 1 is 1.33 bits per heavy atom. The van der Waals surface area contributed by atoms with E-state index in [1.165, 1.54) is 5.56 Å². The van der Waals surface area contributed by atoms with Gasteiger partial charge in [-0.15, -0.1) is 24.0 Å². The molecule has 1 aliphatic heterocycles. The SMILES string of the molecule is CCC(C)NC(=NCC(=O)N(C)C)N1CCN(c2cc(C)ccn2)CC1.I. The second-order valence-electron chi connectivity index (χ2n) is 7.05. The summed E-state index contributed by atoms with van der Waals surface area (Å²) in [5.74, 6) is 1.86. The number of likely N-dealkylation sites (N-methyl/N-ethyl adjacent to an activating group) is 1. The van der Waals surface area contributed by atoms with Gasteiger partial charge in [0, 0.05) is 52.5 Å². The van der Waals surface area contributed by atoms with Crippen molar-refractivity contribution in [1.82, 2.24) is 20.1 Å². The first-order valence-electron chi connectivity index (χ1n) is 9.34. The number of hydrogen-bond acceptors (Lipinski definition) is 4. The molecule has 7 nitrogen and oxygen atoms in total. The Balaban J connectivity index is 0.00000364. The number of carbonyl (C=O) groups excluding carboxylic acids is 1. The molecule has 1 fully saturated rings. The molecule has 27 heavy (non-hydrogen) atoms. The van der Waals surface area contributed by atoms with Gasteiger partial charge in [0.15, 0.2) is 5.96 Å². The summed E-state index contributed by atoms with van der Waals surface area (Å²) >= 11 is 0. The molecule has 1 atom stereocenters. The summed E-state index contributed by atoms with van der Waals surface area (Å²) in [6, 6.07) is 4.46.